The summed E-state index contributed by atoms with van der Waals surface area (Å²) in [5, 5.41) is 0.642. The zero-order chi connectivity index (χ0) is 10.6. The Kier molecular flexibility index (Phi) is 3.96. The van der Waals surface area contributed by atoms with Crippen molar-refractivity contribution >= 4 is 17.4 Å². The first-order chi connectivity index (χ1) is 6.61. The molecule has 0 bridgehead atoms. The number of carbonyl (C=O) groups is 1. The maximum atomic E-state index is 10.8. The van der Waals surface area contributed by atoms with E-state index in [1.165, 1.54) is 0 Å². The van der Waals surface area contributed by atoms with Gasteiger partial charge in [-0.15, -0.1) is 0 Å². The number of ketones is 1. The minimum absolute atomic E-state index is 0.184. The highest BCUT2D eigenvalue weighted by atomic mass is 35.5. The molecule has 0 amide bonds. The number of halogens is 1. The fourth-order valence-corrected chi connectivity index (χ4v) is 1.45. The van der Waals surface area contributed by atoms with Crippen molar-refractivity contribution in [3.8, 4) is 5.75 Å². The lowest BCUT2D eigenvalue weighted by molar-refractivity contribution is -0.116. The van der Waals surface area contributed by atoms with E-state index in [1.54, 1.807) is 20.1 Å². The third kappa shape index (κ3) is 3.38. The van der Waals surface area contributed by atoms with Crippen LogP contribution in [0.2, 0.25) is 5.02 Å². The van der Waals surface area contributed by atoms with E-state index in [0.29, 0.717) is 17.9 Å². The number of hydrogen-bond acceptors (Lipinski definition) is 2. The van der Waals surface area contributed by atoms with Gasteiger partial charge in [0.2, 0.25) is 0 Å². The average Bonchev–Trinajstić information content (AvgIpc) is 2.14. The van der Waals surface area contributed by atoms with Crippen molar-refractivity contribution < 1.29 is 9.53 Å². The van der Waals surface area contributed by atoms with Crippen LogP contribution in [0.5, 0.6) is 5.75 Å². The van der Waals surface area contributed by atoms with Gasteiger partial charge in [0.05, 0.1) is 7.11 Å². The molecule has 0 atom stereocenters. The van der Waals surface area contributed by atoms with Crippen molar-refractivity contribution in [1.29, 1.82) is 0 Å². The third-order valence-corrected chi connectivity index (χ3v) is 2.15. The van der Waals surface area contributed by atoms with Crippen LogP contribution in [-0.2, 0) is 11.2 Å². The number of aryl methyl sites for hydroxylation is 1. The van der Waals surface area contributed by atoms with Gasteiger partial charge in [0.15, 0.2) is 0 Å². The van der Waals surface area contributed by atoms with E-state index in [1.807, 2.05) is 12.1 Å². The van der Waals surface area contributed by atoms with E-state index in [0.717, 1.165) is 11.3 Å². The van der Waals surface area contributed by atoms with E-state index in [-0.39, 0.29) is 5.78 Å². The van der Waals surface area contributed by atoms with Gasteiger partial charge in [-0.3, -0.25) is 0 Å². The van der Waals surface area contributed by atoms with Crippen molar-refractivity contribution in [3.63, 3.8) is 0 Å². The predicted molar refractivity (Wildman–Crippen MR) is 57.0 cm³/mol. The molecule has 0 saturated carbocycles. The van der Waals surface area contributed by atoms with E-state index >= 15 is 0 Å². The largest absolute Gasteiger partial charge is 0.497 e. The van der Waals surface area contributed by atoms with Crippen LogP contribution in [0.15, 0.2) is 18.2 Å². The highest BCUT2D eigenvalue weighted by Gasteiger charge is 2.01. The van der Waals surface area contributed by atoms with Crippen LogP contribution in [-0.4, -0.2) is 12.9 Å². The molecule has 14 heavy (non-hydrogen) atoms. The van der Waals surface area contributed by atoms with Crippen molar-refractivity contribution in [3.05, 3.63) is 28.8 Å². The zero-order valence-corrected chi connectivity index (χ0v) is 9.10. The zero-order valence-electron chi connectivity index (χ0n) is 8.34. The summed E-state index contributed by atoms with van der Waals surface area (Å²) >= 11 is 5.88. The lowest BCUT2D eigenvalue weighted by atomic mass is 10.1. The number of rotatable bonds is 4. The van der Waals surface area contributed by atoms with Crippen LogP contribution in [0, 0.1) is 0 Å². The topological polar surface area (TPSA) is 26.3 Å². The van der Waals surface area contributed by atoms with Crippen LogP contribution in [0.3, 0.4) is 0 Å². The molecule has 1 aromatic rings. The van der Waals surface area contributed by atoms with Gasteiger partial charge >= 0.3 is 0 Å². The highest BCUT2D eigenvalue weighted by Crippen LogP contribution is 2.21. The van der Waals surface area contributed by atoms with E-state index in [4.69, 9.17) is 16.3 Å². The Labute approximate surface area is 88.8 Å². The molecule has 0 fully saturated rings. The van der Waals surface area contributed by atoms with Crippen LogP contribution in [0.25, 0.3) is 0 Å². The standard InChI is InChI=1S/C11H13ClO2/c1-8(13)3-4-9-5-10(12)7-11(6-9)14-2/h5-7H,3-4H2,1-2H3. The van der Waals surface area contributed by atoms with E-state index in [2.05, 4.69) is 0 Å². The first kappa shape index (κ1) is 11.1. The smallest absolute Gasteiger partial charge is 0.130 e. The predicted octanol–water partition coefficient (Wildman–Crippen LogP) is 2.87. The lowest BCUT2D eigenvalue weighted by Crippen LogP contribution is -1.94. The number of methoxy groups -OCH3 is 1. The van der Waals surface area contributed by atoms with E-state index in [9.17, 15) is 4.79 Å². The molecule has 0 aliphatic rings. The van der Waals surface area contributed by atoms with Gasteiger partial charge in [-0.05, 0) is 37.1 Å². The summed E-state index contributed by atoms with van der Waals surface area (Å²) in [7, 11) is 1.60. The van der Waals surface area contributed by atoms with Crippen molar-refractivity contribution in [1.82, 2.24) is 0 Å². The third-order valence-electron chi connectivity index (χ3n) is 1.93. The second-order valence-corrected chi connectivity index (χ2v) is 3.64. The Morgan fingerprint density at radius 1 is 1.43 bits per heavy atom. The summed E-state index contributed by atoms with van der Waals surface area (Å²) in [4.78, 5) is 10.8. The average molecular weight is 213 g/mol. The normalized spacial score (nSPS) is 9.93. The van der Waals surface area contributed by atoms with Gasteiger partial charge < -0.3 is 9.53 Å². The second-order valence-electron chi connectivity index (χ2n) is 3.20. The minimum Gasteiger partial charge on any atom is -0.497 e. The molecule has 0 aliphatic carbocycles. The van der Waals surface area contributed by atoms with Gasteiger partial charge in [0.1, 0.15) is 11.5 Å². The Balaban J connectivity index is 2.76. The Morgan fingerprint density at radius 3 is 2.71 bits per heavy atom. The first-order valence-corrected chi connectivity index (χ1v) is 4.82. The second kappa shape index (κ2) is 5.01. The van der Waals surface area contributed by atoms with Crippen molar-refractivity contribution in [2.45, 2.75) is 19.8 Å². The summed E-state index contributed by atoms with van der Waals surface area (Å²) in [6.45, 7) is 1.59. The maximum Gasteiger partial charge on any atom is 0.130 e. The quantitative estimate of drug-likeness (QED) is 0.767. The molecular weight excluding hydrogens is 200 g/mol. The SMILES string of the molecule is COc1cc(Cl)cc(CCC(C)=O)c1. The van der Waals surface area contributed by atoms with Crippen LogP contribution in [0.1, 0.15) is 18.9 Å². The molecule has 0 aliphatic heterocycles. The summed E-state index contributed by atoms with van der Waals surface area (Å²) in [5.41, 5.74) is 1.03. The number of benzene rings is 1. The van der Waals surface area contributed by atoms with Gasteiger partial charge in [-0.2, -0.15) is 0 Å². The first-order valence-electron chi connectivity index (χ1n) is 4.44. The number of ether oxygens (including phenoxy) is 1. The van der Waals surface area contributed by atoms with Crippen molar-refractivity contribution in [2.75, 3.05) is 7.11 Å². The molecule has 0 spiro atoms. The van der Waals surface area contributed by atoms with Crippen molar-refractivity contribution in [2.24, 2.45) is 0 Å². The summed E-state index contributed by atoms with van der Waals surface area (Å²) < 4.78 is 5.07. The molecule has 0 radical (unpaired) electrons. The summed E-state index contributed by atoms with van der Waals surface area (Å²) in [6, 6.07) is 5.50. The molecule has 0 unspecified atom stereocenters. The lowest BCUT2D eigenvalue weighted by Gasteiger charge is -2.04. The molecule has 1 rings (SSSR count). The number of hydrogen-bond donors (Lipinski definition) is 0. The highest BCUT2D eigenvalue weighted by molar-refractivity contribution is 6.30. The number of Topliss-reactive ketones (excluding diaryl/α,β-unsaturated/α-hetero) is 1. The molecule has 0 N–H and O–H groups in total. The fourth-order valence-electron chi connectivity index (χ4n) is 1.20. The summed E-state index contributed by atoms with van der Waals surface area (Å²) in [6.07, 6.45) is 1.26. The van der Waals surface area contributed by atoms with Crippen LogP contribution >= 0.6 is 11.6 Å². The summed E-state index contributed by atoms with van der Waals surface area (Å²) in [5.74, 6) is 0.917. The molecule has 0 heterocycles. The molecule has 1 aromatic carbocycles. The molecular formula is C11H13ClO2. The van der Waals surface area contributed by atoms with Gasteiger partial charge in [0, 0.05) is 11.4 Å². The Bertz CT molecular complexity index is 334. The molecule has 0 saturated heterocycles. The van der Waals surface area contributed by atoms with Crippen LogP contribution in [0.4, 0.5) is 0 Å². The van der Waals surface area contributed by atoms with Crippen LogP contribution < -0.4 is 4.74 Å². The van der Waals surface area contributed by atoms with E-state index < -0.39 is 0 Å². The minimum atomic E-state index is 0.184. The van der Waals surface area contributed by atoms with Gasteiger partial charge in [-0.25, -0.2) is 0 Å². The Hall–Kier alpha value is -1.02. The fraction of sp³-hybridized carbons (Fsp3) is 0.364. The molecule has 2 nitrogen and oxygen atoms in total. The Morgan fingerprint density at radius 2 is 2.14 bits per heavy atom. The maximum absolute atomic E-state index is 10.8. The number of carbonyl (C=O) groups excluding carboxylic acids is 1. The molecule has 76 valence electrons. The monoisotopic (exact) mass is 212 g/mol. The van der Waals surface area contributed by atoms with Gasteiger partial charge in [0.25, 0.3) is 0 Å². The van der Waals surface area contributed by atoms with Gasteiger partial charge in [-0.1, -0.05) is 11.6 Å². The molecule has 3 heteroatoms. The molecule has 0 aromatic heterocycles.